The van der Waals surface area contributed by atoms with Crippen molar-refractivity contribution in [2.45, 2.75) is 19.9 Å². The highest BCUT2D eigenvalue weighted by molar-refractivity contribution is 6.03. The second-order valence-electron chi connectivity index (χ2n) is 7.55. The first-order valence-electron chi connectivity index (χ1n) is 9.55. The summed E-state index contributed by atoms with van der Waals surface area (Å²) in [6.07, 6.45) is 1.57. The molecule has 154 valence electrons. The van der Waals surface area contributed by atoms with Gasteiger partial charge in [-0.25, -0.2) is 9.18 Å². The van der Waals surface area contributed by atoms with E-state index in [0.717, 1.165) is 0 Å². The third-order valence-electron chi connectivity index (χ3n) is 4.85. The molecule has 4 amide bonds. The smallest absolute Gasteiger partial charge is 0.322 e. The molecular weight excluding hydrogens is 375 g/mol. The maximum absolute atomic E-state index is 13.3. The van der Waals surface area contributed by atoms with Gasteiger partial charge in [-0.05, 0) is 23.6 Å². The minimum atomic E-state index is -0.699. The first-order chi connectivity index (χ1) is 13.8. The van der Waals surface area contributed by atoms with Crippen molar-refractivity contribution in [3.8, 4) is 0 Å². The maximum Gasteiger partial charge on any atom is 0.322 e. The van der Waals surface area contributed by atoms with Crippen molar-refractivity contribution in [3.63, 3.8) is 0 Å². The Labute approximate surface area is 169 Å². The average molecular weight is 400 g/mol. The number of hydrogen-bond donors (Lipinski definition) is 2. The predicted octanol–water partition coefficient (Wildman–Crippen LogP) is 1.95. The summed E-state index contributed by atoms with van der Waals surface area (Å²) in [6.45, 7) is 8.46. The van der Waals surface area contributed by atoms with Gasteiger partial charge in [-0.1, -0.05) is 32.1 Å². The highest BCUT2D eigenvalue weighted by Crippen LogP contribution is 2.36. The van der Waals surface area contributed by atoms with Crippen molar-refractivity contribution in [1.29, 1.82) is 0 Å². The van der Waals surface area contributed by atoms with Crippen molar-refractivity contribution in [2.75, 3.05) is 26.2 Å². The van der Waals surface area contributed by atoms with Crippen molar-refractivity contribution < 1.29 is 18.8 Å². The normalized spacial score (nSPS) is 18.8. The molecule has 0 bridgehead atoms. The zero-order valence-electron chi connectivity index (χ0n) is 16.6. The minimum Gasteiger partial charge on any atom is -0.354 e. The van der Waals surface area contributed by atoms with Crippen LogP contribution < -0.4 is 10.6 Å². The van der Waals surface area contributed by atoms with E-state index >= 15 is 0 Å². The van der Waals surface area contributed by atoms with E-state index < -0.39 is 11.9 Å². The predicted molar refractivity (Wildman–Crippen MR) is 106 cm³/mol. The number of nitrogens with zero attached hydrogens (tertiary/aromatic N) is 2. The Bertz CT molecular complexity index is 863. The molecule has 0 spiro atoms. The molecule has 8 heteroatoms. The molecule has 2 aliphatic heterocycles. The molecule has 1 atom stereocenters. The SMILES string of the molecule is C=CCN1C(=O)N[C@H](c2ccc(F)cc2)C2=C1CN(CC(=O)NCC(C)C)C2=O. The molecule has 0 saturated heterocycles. The molecule has 3 rings (SSSR count). The van der Waals surface area contributed by atoms with Crippen LogP contribution in [0.4, 0.5) is 9.18 Å². The Morgan fingerprint density at radius 2 is 2.03 bits per heavy atom. The molecular formula is C21H25FN4O3. The van der Waals surface area contributed by atoms with Gasteiger partial charge in [-0.3, -0.25) is 14.5 Å². The second kappa shape index (κ2) is 8.46. The second-order valence-corrected chi connectivity index (χ2v) is 7.55. The van der Waals surface area contributed by atoms with Crippen LogP contribution >= 0.6 is 0 Å². The summed E-state index contributed by atoms with van der Waals surface area (Å²) >= 11 is 0. The molecule has 7 nitrogen and oxygen atoms in total. The van der Waals surface area contributed by atoms with Gasteiger partial charge in [0.15, 0.2) is 0 Å². The van der Waals surface area contributed by atoms with Crippen LogP contribution in [0, 0.1) is 11.7 Å². The van der Waals surface area contributed by atoms with Crippen LogP contribution in [0.25, 0.3) is 0 Å². The van der Waals surface area contributed by atoms with Crippen LogP contribution in [0.15, 0.2) is 48.2 Å². The van der Waals surface area contributed by atoms with E-state index in [0.29, 0.717) is 29.3 Å². The fourth-order valence-corrected chi connectivity index (χ4v) is 3.45. The molecule has 1 aromatic carbocycles. The molecule has 0 aliphatic carbocycles. The molecule has 0 radical (unpaired) electrons. The number of carbonyl (C=O) groups is 3. The summed E-state index contributed by atoms with van der Waals surface area (Å²) in [6, 6.07) is 4.59. The third-order valence-corrected chi connectivity index (χ3v) is 4.85. The van der Waals surface area contributed by atoms with Crippen molar-refractivity contribution >= 4 is 17.8 Å². The molecule has 0 aromatic heterocycles. The lowest BCUT2D eigenvalue weighted by molar-refractivity contribution is -0.132. The van der Waals surface area contributed by atoms with Crippen molar-refractivity contribution in [3.05, 3.63) is 59.6 Å². The molecule has 29 heavy (non-hydrogen) atoms. The Balaban J connectivity index is 1.88. The minimum absolute atomic E-state index is 0.0924. The van der Waals surface area contributed by atoms with Gasteiger partial charge in [0, 0.05) is 13.1 Å². The molecule has 0 unspecified atom stereocenters. The van der Waals surface area contributed by atoms with Crippen LogP contribution in [0.2, 0.25) is 0 Å². The Kier molecular flexibility index (Phi) is 6.00. The van der Waals surface area contributed by atoms with Crippen LogP contribution in [-0.2, 0) is 9.59 Å². The van der Waals surface area contributed by atoms with Crippen LogP contribution in [-0.4, -0.2) is 53.8 Å². The van der Waals surface area contributed by atoms with Crippen LogP contribution in [0.1, 0.15) is 25.5 Å². The summed E-state index contributed by atoms with van der Waals surface area (Å²) in [5.41, 5.74) is 1.55. The van der Waals surface area contributed by atoms with Crippen LogP contribution in [0.5, 0.6) is 0 Å². The first kappa shape index (κ1) is 20.6. The quantitative estimate of drug-likeness (QED) is 0.687. The van der Waals surface area contributed by atoms with Gasteiger partial charge in [0.05, 0.1) is 23.9 Å². The maximum atomic E-state index is 13.3. The number of halogens is 1. The zero-order chi connectivity index (χ0) is 21.1. The summed E-state index contributed by atoms with van der Waals surface area (Å²) in [5.74, 6) is -0.672. The molecule has 0 saturated carbocycles. The van der Waals surface area contributed by atoms with E-state index in [9.17, 15) is 18.8 Å². The highest BCUT2D eigenvalue weighted by Gasteiger charge is 2.44. The fraction of sp³-hybridized carbons (Fsp3) is 0.381. The topological polar surface area (TPSA) is 81.8 Å². The number of hydrogen-bond acceptors (Lipinski definition) is 3. The number of amides is 4. The summed E-state index contributed by atoms with van der Waals surface area (Å²) < 4.78 is 13.3. The number of nitrogens with one attached hydrogen (secondary N) is 2. The number of rotatable bonds is 7. The lowest BCUT2D eigenvalue weighted by Gasteiger charge is -2.33. The van der Waals surface area contributed by atoms with E-state index in [1.165, 1.54) is 21.9 Å². The van der Waals surface area contributed by atoms with E-state index in [-0.39, 0.29) is 37.5 Å². The molecule has 2 heterocycles. The van der Waals surface area contributed by atoms with Gasteiger partial charge < -0.3 is 15.5 Å². The Morgan fingerprint density at radius 1 is 1.34 bits per heavy atom. The standard InChI is InChI=1S/C21H25FN4O3/c1-4-9-26-16-11-25(12-17(27)23-10-13(2)3)20(28)18(16)19(24-21(26)29)14-5-7-15(22)8-6-14/h4-8,13,19H,1,9-12H2,2-3H3,(H,23,27)(H,24,29)/t19-/m1/s1. The lowest BCUT2D eigenvalue weighted by atomic mass is 9.95. The molecule has 2 N–H and O–H groups in total. The van der Waals surface area contributed by atoms with E-state index in [4.69, 9.17) is 0 Å². The molecule has 2 aliphatic rings. The Morgan fingerprint density at radius 3 is 2.66 bits per heavy atom. The Hall–Kier alpha value is -3.16. The number of benzene rings is 1. The monoisotopic (exact) mass is 400 g/mol. The summed E-state index contributed by atoms with van der Waals surface area (Å²) in [4.78, 5) is 40.9. The van der Waals surface area contributed by atoms with Gasteiger partial charge in [-0.15, -0.1) is 6.58 Å². The van der Waals surface area contributed by atoms with Gasteiger partial charge in [-0.2, -0.15) is 0 Å². The molecule has 0 fully saturated rings. The number of carbonyl (C=O) groups excluding carboxylic acids is 3. The summed E-state index contributed by atoms with van der Waals surface area (Å²) in [7, 11) is 0. The van der Waals surface area contributed by atoms with Gasteiger partial charge >= 0.3 is 6.03 Å². The highest BCUT2D eigenvalue weighted by atomic mass is 19.1. The fourth-order valence-electron chi connectivity index (χ4n) is 3.45. The van der Waals surface area contributed by atoms with Crippen molar-refractivity contribution in [1.82, 2.24) is 20.4 Å². The van der Waals surface area contributed by atoms with E-state index in [2.05, 4.69) is 17.2 Å². The van der Waals surface area contributed by atoms with Crippen molar-refractivity contribution in [2.24, 2.45) is 5.92 Å². The van der Waals surface area contributed by atoms with E-state index in [1.807, 2.05) is 13.8 Å². The van der Waals surface area contributed by atoms with Gasteiger partial charge in [0.25, 0.3) is 5.91 Å². The summed E-state index contributed by atoms with van der Waals surface area (Å²) in [5, 5.41) is 5.61. The van der Waals surface area contributed by atoms with Gasteiger partial charge in [0.2, 0.25) is 5.91 Å². The molecule has 1 aromatic rings. The zero-order valence-corrected chi connectivity index (χ0v) is 16.6. The average Bonchev–Trinajstić information content (AvgIpc) is 2.99. The first-order valence-corrected chi connectivity index (χ1v) is 9.55. The third kappa shape index (κ3) is 4.31. The van der Waals surface area contributed by atoms with Gasteiger partial charge in [0.1, 0.15) is 12.4 Å². The number of urea groups is 1. The largest absolute Gasteiger partial charge is 0.354 e. The van der Waals surface area contributed by atoms with E-state index in [1.54, 1.807) is 18.2 Å². The lowest BCUT2D eigenvalue weighted by Crippen LogP contribution is -2.47. The van der Waals surface area contributed by atoms with Crippen LogP contribution in [0.3, 0.4) is 0 Å².